The second-order valence-electron chi connectivity index (χ2n) is 6.93. The van der Waals surface area contributed by atoms with E-state index in [9.17, 15) is 8.42 Å². The van der Waals surface area contributed by atoms with Crippen molar-refractivity contribution in [2.75, 3.05) is 5.75 Å². The fraction of sp³-hybridized carbons (Fsp3) is 0.286. The van der Waals surface area contributed by atoms with Crippen LogP contribution in [0, 0.1) is 6.92 Å². The van der Waals surface area contributed by atoms with Crippen LogP contribution in [-0.4, -0.2) is 24.0 Å². The van der Waals surface area contributed by atoms with Gasteiger partial charge in [0.15, 0.2) is 0 Å². The number of nitrogens with zero attached hydrogens (tertiary/aromatic N) is 2. The Hall–Kier alpha value is -1.57. The molecule has 9 heteroatoms. The van der Waals surface area contributed by atoms with E-state index in [4.69, 9.17) is 34.8 Å². The van der Waals surface area contributed by atoms with Gasteiger partial charge in [-0.1, -0.05) is 60.3 Å². The average molecular weight is 487 g/mol. The van der Waals surface area contributed by atoms with Gasteiger partial charge in [0.2, 0.25) is 10.0 Å². The molecular weight excluding hydrogens is 465 g/mol. The Morgan fingerprint density at radius 1 is 1.03 bits per heavy atom. The molecule has 5 nitrogen and oxygen atoms in total. The number of unbranched alkanes of at least 4 members (excludes halogenated alkanes) is 1. The summed E-state index contributed by atoms with van der Waals surface area (Å²) in [5.74, 6) is 0.0936. The van der Waals surface area contributed by atoms with Gasteiger partial charge in [-0.05, 0) is 43.7 Å². The summed E-state index contributed by atoms with van der Waals surface area (Å²) in [6, 6.07) is 12.5. The number of sulfonamides is 1. The zero-order chi connectivity index (χ0) is 21.9. The molecule has 0 amide bonds. The van der Waals surface area contributed by atoms with Crippen molar-refractivity contribution >= 4 is 44.8 Å². The van der Waals surface area contributed by atoms with Crippen molar-refractivity contribution in [2.24, 2.45) is 0 Å². The molecule has 3 rings (SSSR count). The quantitative estimate of drug-likeness (QED) is 0.423. The first kappa shape index (κ1) is 23.1. The molecule has 0 fully saturated rings. The van der Waals surface area contributed by atoms with Gasteiger partial charge in [-0.15, -0.1) is 0 Å². The summed E-state index contributed by atoms with van der Waals surface area (Å²) in [6.07, 6.45) is 1.42. The first-order valence-corrected chi connectivity index (χ1v) is 12.3. The molecule has 0 aliphatic heterocycles. The molecule has 2 aromatic carbocycles. The normalized spacial score (nSPS) is 11.8. The van der Waals surface area contributed by atoms with Gasteiger partial charge >= 0.3 is 0 Å². The van der Waals surface area contributed by atoms with Gasteiger partial charge in [-0.3, -0.25) is 0 Å². The third-order valence-corrected chi connectivity index (χ3v) is 6.90. The number of rotatable bonds is 8. The Morgan fingerprint density at radius 3 is 2.33 bits per heavy atom. The Bertz CT molecular complexity index is 1140. The van der Waals surface area contributed by atoms with Crippen molar-refractivity contribution in [3.8, 4) is 16.9 Å². The molecule has 1 N–H and O–H groups in total. The summed E-state index contributed by atoms with van der Waals surface area (Å²) >= 11 is 18.5. The van der Waals surface area contributed by atoms with Crippen LogP contribution < -0.4 is 4.72 Å². The predicted molar refractivity (Wildman–Crippen MR) is 124 cm³/mol. The summed E-state index contributed by atoms with van der Waals surface area (Å²) in [6.45, 7) is 3.96. The highest BCUT2D eigenvalue weighted by Crippen LogP contribution is 2.33. The van der Waals surface area contributed by atoms with Crippen LogP contribution in [0.25, 0.3) is 16.9 Å². The minimum atomic E-state index is -3.37. The number of nitrogens with one attached hydrogen (secondary N) is 1. The lowest BCUT2D eigenvalue weighted by Gasteiger charge is -2.11. The van der Waals surface area contributed by atoms with E-state index >= 15 is 0 Å². The van der Waals surface area contributed by atoms with Crippen LogP contribution in [0.4, 0.5) is 0 Å². The van der Waals surface area contributed by atoms with Crippen LogP contribution in [0.1, 0.15) is 31.0 Å². The van der Waals surface area contributed by atoms with Gasteiger partial charge in [0.25, 0.3) is 0 Å². The maximum absolute atomic E-state index is 12.2. The zero-order valence-electron chi connectivity index (χ0n) is 16.6. The van der Waals surface area contributed by atoms with Crippen LogP contribution in [0.2, 0.25) is 15.1 Å². The fourth-order valence-electron chi connectivity index (χ4n) is 3.07. The number of halogens is 3. The summed E-state index contributed by atoms with van der Waals surface area (Å²) in [5, 5.41) is 6.26. The van der Waals surface area contributed by atoms with E-state index in [1.165, 1.54) is 0 Å². The first-order valence-electron chi connectivity index (χ1n) is 9.49. The van der Waals surface area contributed by atoms with Crippen molar-refractivity contribution in [3.63, 3.8) is 0 Å². The van der Waals surface area contributed by atoms with Gasteiger partial charge in [-0.25, -0.2) is 17.8 Å². The number of aromatic nitrogens is 2. The van der Waals surface area contributed by atoms with Crippen LogP contribution >= 0.6 is 34.8 Å². The minimum Gasteiger partial charge on any atom is -0.231 e. The highest BCUT2D eigenvalue weighted by Gasteiger charge is 2.20. The Kier molecular flexibility index (Phi) is 7.47. The maximum Gasteiger partial charge on any atom is 0.211 e. The van der Waals surface area contributed by atoms with Crippen molar-refractivity contribution in [1.82, 2.24) is 14.5 Å². The molecule has 0 radical (unpaired) electrons. The summed E-state index contributed by atoms with van der Waals surface area (Å²) in [4.78, 5) is 0. The molecule has 160 valence electrons. The Labute approximate surface area is 192 Å². The van der Waals surface area contributed by atoms with Gasteiger partial charge in [-0.2, -0.15) is 5.10 Å². The highest BCUT2D eigenvalue weighted by molar-refractivity contribution is 7.89. The molecule has 1 aromatic heterocycles. The topological polar surface area (TPSA) is 64.0 Å². The molecule has 30 heavy (non-hydrogen) atoms. The van der Waals surface area contributed by atoms with Gasteiger partial charge in [0.05, 0.1) is 34.4 Å². The van der Waals surface area contributed by atoms with Crippen LogP contribution in [0.3, 0.4) is 0 Å². The molecule has 0 spiro atoms. The van der Waals surface area contributed by atoms with Crippen LogP contribution in [0.15, 0.2) is 42.5 Å². The highest BCUT2D eigenvalue weighted by atomic mass is 35.5. The molecular formula is C21H22Cl3N3O2S. The predicted octanol–water partition coefficient (Wildman–Crippen LogP) is 6.03. The molecule has 0 aliphatic carbocycles. The molecule has 1 heterocycles. The molecule has 0 bridgehead atoms. The third-order valence-electron chi connectivity index (χ3n) is 4.70. The molecule has 0 atom stereocenters. The second-order valence-corrected chi connectivity index (χ2v) is 10.1. The van der Waals surface area contributed by atoms with E-state index in [0.717, 1.165) is 23.2 Å². The SMILES string of the molecule is CCCCS(=O)(=O)NCc1nn(-c2ccc(Cl)cc2Cl)c(-c2ccc(Cl)cc2)c1C. The van der Waals surface area contributed by atoms with Crippen LogP contribution in [-0.2, 0) is 16.6 Å². The van der Waals surface area contributed by atoms with Crippen molar-refractivity contribution in [2.45, 2.75) is 33.2 Å². The number of hydrogen-bond donors (Lipinski definition) is 1. The lowest BCUT2D eigenvalue weighted by molar-refractivity contribution is 0.576. The first-order chi connectivity index (χ1) is 14.2. The largest absolute Gasteiger partial charge is 0.231 e. The molecule has 3 aromatic rings. The lowest BCUT2D eigenvalue weighted by atomic mass is 10.1. The van der Waals surface area contributed by atoms with Crippen LogP contribution in [0.5, 0.6) is 0 Å². The van der Waals surface area contributed by atoms with Gasteiger partial charge in [0.1, 0.15) is 0 Å². The zero-order valence-corrected chi connectivity index (χ0v) is 19.7. The third kappa shape index (κ3) is 5.37. The molecule has 0 aliphatic rings. The van der Waals surface area contributed by atoms with E-state index in [-0.39, 0.29) is 12.3 Å². The Morgan fingerprint density at radius 2 is 1.70 bits per heavy atom. The second kappa shape index (κ2) is 9.71. The maximum atomic E-state index is 12.2. The van der Waals surface area contributed by atoms with E-state index in [1.807, 2.05) is 26.0 Å². The number of hydrogen-bond acceptors (Lipinski definition) is 3. The van der Waals surface area contributed by atoms with Crippen molar-refractivity contribution in [3.05, 3.63) is 68.8 Å². The average Bonchev–Trinajstić information content (AvgIpc) is 3.02. The lowest BCUT2D eigenvalue weighted by Crippen LogP contribution is -2.26. The number of benzene rings is 2. The fourth-order valence-corrected chi connectivity index (χ4v) is 4.85. The summed E-state index contributed by atoms with van der Waals surface area (Å²) in [5.41, 5.74) is 3.80. The summed E-state index contributed by atoms with van der Waals surface area (Å²) in [7, 11) is -3.37. The molecule has 0 saturated carbocycles. The summed E-state index contributed by atoms with van der Waals surface area (Å²) < 4.78 is 28.8. The standard InChI is InChI=1S/C21H22Cl3N3O2S/c1-3-4-11-30(28,29)25-13-19-14(2)21(15-5-7-16(22)8-6-15)27(26-19)20-10-9-17(23)12-18(20)24/h5-10,12,25H,3-4,11,13H2,1-2H3. The van der Waals surface area contributed by atoms with E-state index in [1.54, 1.807) is 35.0 Å². The monoisotopic (exact) mass is 485 g/mol. The van der Waals surface area contributed by atoms with Crippen molar-refractivity contribution in [1.29, 1.82) is 0 Å². The van der Waals surface area contributed by atoms with Gasteiger partial charge in [0, 0.05) is 21.2 Å². The van der Waals surface area contributed by atoms with E-state index in [0.29, 0.717) is 32.9 Å². The smallest absolute Gasteiger partial charge is 0.211 e. The van der Waals surface area contributed by atoms with Crippen molar-refractivity contribution < 1.29 is 8.42 Å². The Balaban J connectivity index is 2.06. The minimum absolute atomic E-state index is 0.0936. The van der Waals surface area contributed by atoms with Gasteiger partial charge < -0.3 is 0 Å². The molecule has 0 saturated heterocycles. The van der Waals surface area contributed by atoms with E-state index < -0.39 is 10.0 Å². The van der Waals surface area contributed by atoms with E-state index in [2.05, 4.69) is 9.82 Å². The molecule has 0 unspecified atom stereocenters.